The summed E-state index contributed by atoms with van der Waals surface area (Å²) in [6, 6.07) is 4.50. The number of morpholine rings is 1. The van der Waals surface area contributed by atoms with E-state index in [4.69, 9.17) is 13.9 Å². The van der Waals surface area contributed by atoms with Crippen LogP contribution in [0.15, 0.2) is 27.4 Å². The van der Waals surface area contributed by atoms with Gasteiger partial charge in [0.05, 0.1) is 30.8 Å². The van der Waals surface area contributed by atoms with Crippen LogP contribution in [0, 0.1) is 0 Å². The molecule has 1 N–H and O–H groups in total. The summed E-state index contributed by atoms with van der Waals surface area (Å²) in [5.41, 5.74) is 1.02. The van der Waals surface area contributed by atoms with Gasteiger partial charge in [-0.1, -0.05) is 0 Å². The van der Waals surface area contributed by atoms with Crippen molar-refractivity contribution in [1.29, 1.82) is 0 Å². The second kappa shape index (κ2) is 7.25. The van der Waals surface area contributed by atoms with E-state index in [0.717, 1.165) is 0 Å². The molecule has 0 unspecified atom stereocenters. The number of hydrogen-bond donors (Lipinski definition) is 1. The summed E-state index contributed by atoms with van der Waals surface area (Å²) in [5, 5.41) is 9.63. The summed E-state index contributed by atoms with van der Waals surface area (Å²) in [6.45, 7) is 3.67. The molecule has 0 bridgehead atoms. The molecule has 1 aromatic heterocycles. The highest BCUT2D eigenvalue weighted by atomic mass is 16.5. The van der Waals surface area contributed by atoms with Gasteiger partial charge in [0.1, 0.15) is 5.58 Å². The van der Waals surface area contributed by atoms with Gasteiger partial charge in [-0.3, -0.25) is 4.79 Å². The molecule has 2 heterocycles. The molecular weight excluding hydrogens is 326 g/mol. The molecule has 0 aliphatic carbocycles. The Hall–Kier alpha value is -2.38. The molecule has 134 valence electrons. The third-order valence-corrected chi connectivity index (χ3v) is 4.25. The fourth-order valence-corrected chi connectivity index (χ4v) is 3.03. The SMILES string of the molecule is COC(=O)c1cc(CCO)c2oc(N3CCO[C@H](C)C3)cc(=O)c2c1. The number of aliphatic hydroxyl groups is 1. The molecular formula is C18H21NO6. The van der Waals surface area contributed by atoms with E-state index in [0.29, 0.717) is 42.1 Å². The molecule has 1 aliphatic rings. The second-order valence-electron chi connectivity index (χ2n) is 6.05. The van der Waals surface area contributed by atoms with Crippen LogP contribution in [-0.2, 0) is 15.9 Å². The Morgan fingerprint density at radius 1 is 1.40 bits per heavy atom. The minimum Gasteiger partial charge on any atom is -0.465 e. The first-order valence-electron chi connectivity index (χ1n) is 8.20. The molecule has 0 radical (unpaired) electrons. The lowest BCUT2D eigenvalue weighted by Crippen LogP contribution is -2.41. The second-order valence-corrected chi connectivity index (χ2v) is 6.05. The van der Waals surface area contributed by atoms with E-state index in [1.807, 2.05) is 11.8 Å². The van der Waals surface area contributed by atoms with Crippen LogP contribution in [0.2, 0.25) is 0 Å². The van der Waals surface area contributed by atoms with E-state index in [9.17, 15) is 14.7 Å². The summed E-state index contributed by atoms with van der Waals surface area (Å²) in [7, 11) is 1.28. The van der Waals surface area contributed by atoms with Crippen LogP contribution < -0.4 is 10.3 Å². The number of anilines is 1. The van der Waals surface area contributed by atoms with Gasteiger partial charge in [-0.05, 0) is 31.0 Å². The van der Waals surface area contributed by atoms with Crippen molar-refractivity contribution in [3.05, 3.63) is 39.5 Å². The van der Waals surface area contributed by atoms with Gasteiger partial charge >= 0.3 is 5.97 Å². The number of rotatable bonds is 4. The molecule has 1 fully saturated rings. The zero-order chi connectivity index (χ0) is 18.0. The maximum atomic E-state index is 12.6. The van der Waals surface area contributed by atoms with Gasteiger partial charge in [0, 0.05) is 25.8 Å². The van der Waals surface area contributed by atoms with Crippen LogP contribution in [0.3, 0.4) is 0 Å². The van der Waals surface area contributed by atoms with E-state index in [1.165, 1.54) is 19.2 Å². The fraction of sp³-hybridized carbons (Fsp3) is 0.444. The molecule has 7 nitrogen and oxygen atoms in total. The monoisotopic (exact) mass is 347 g/mol. The van der Waals surface area contributed by atoms with E-state index >= 15 is 0 Å². The number of benzene rings is 1. The van der Waals surface area contributed by atoms with Crippen LogP contribution in [0.5, 0.6) is 0 Å². The summed E-state index contributed by atoms with van der Waals surface area (Å²) in [5.74, 6) is -0.0655. The third-order valence-electron chi connectivity index (χ3n) is 4.25. The van der Waals surface area contributed by atoms with Gasteiger partial charge in [0.2, 0.25) is 0 Å². The smallest absolute Gasteiger partial charge is 0.337 e. The lowest BCUT2D eigenvalue weighted by molar-refractivity contribution is 0.0517. The number of methoxy groups -OCH3 is 1. The Kier molecular flexibility index (Phi) is 5.06. The Balaban J connectivity index is 2.14. The third kappa shape index (κ3) is 3.52. The van der Waals surface area contributed by atoms with Crippen molar-refractivity contribution in [3.63, 3.8) is 0 Å². The van der Waals surface area contributed by atoms with Crippen molar-refractivity contribution < 1.29 is 23.8 Å². The van der Waals surface area contributed by atoms with Crippen LogP contribution in [-0.4, -0.2) is 50.6 Å². The highest BCUT2D eigenvalue weighted by Crippen LogP contribution is 2.26. The van der Waals surface area contributed by atoms with E-state index < -0.39 is 5.97 Å². The normalized spacial score (nSPS) is 17.7. The van der Waals surface area contributed by atoms with Crippen molar-refractivity contribution in [2.75, 3.05) is 38.3 Å². The standard InChI is InChI=1S/C18H21NO6/c1-11-10-19(4-6-24-11)16-9-15(21)14-8-13(18(22)23-2)7-12(3-5-20)17(14)25-16/h7-9,11,20H,3-6,10H2,1-2H3/t11-/m1/s1. The van der Waals surface area contributed by atoms with Crippen molar-refractivity contribution in [2.45, 2.75) is 19.4 Å². The van der Waals surface area contributed by atoms with Crippen molar-refractivity contribution in [3.8, 4) is 0 Å². The van der Waals surface area contributed by atoms with E-state index in [-0.39, 0.29) is 30.1 Å². The van der Waals surface area contributed by atoms with Gasteiger partial charge in [-0.2, -0.15) is 0 Å². The summed E-state index contributed by atoms with van der Waals surface area (Å²) in [6.07, 6.45) is 0.320. The molecule has 1 atom stereocenters. The van der Waals surface area contributed by atoms with Gasteiger partial charge in [0.25, 0.3) is 0 Å². The molecule has 1 aliphatic heterocycles. The maximum absolute atomic E-state index is 12.6. The first-order valence-corrected chi connectivity index (χ1v) is 8.20. The zero-order valence-electron chi connectivity index (χ0n) is 14.3. The van der Waals surface area contributed by atoms with Crippen LogP contribution in [0.25, 0.3) is 11.0 Å². The lowest BCUT2D eigenvalue weighted by Gasteiger charge is -2.31. The molecule has 7 heteroatoms. The number of nitrogens with zero attached hydrogens (tertiary/aromatic N) is 1. The number of carbonyl (C=O) groups is 1. The molecule has 0 spiro atoms. The largest absolute Gasteiger partial charge is 0.465 e. The average molecular weight is 347 g/mol. The number of fused-ring (bicyclic) bond motifs is 1. The van der Waals surface area contributed by atoms with Crippen molar-refractivity contribution in [1.82, 2.24) is 0 Å². The average Bonchev–Trinajstić information content (AvgIpc) is 2.61. The first kappa shape index (κ1) is 17.4. The van der Waals surface area contributed by atoms with Gasteiger partial charge in [-0.15, -0.1) is 0 Å². The lowest BCUT2D eigenvalue weighted by atomic mass is 10.0. The number of hydrogen-bond acceptors (Lipinski definition) is 7. The highest BCUT2D eigenvalue weighted by Gasteiger charge is 2.21. The van der Waals surface area contributed by atoms with Crippen LogP contribution >= 0.6 is 0 Å². The molecule has 2 aromatic rings. The number of esters is 1. The minimum absolute atomic E-state index is 0.0494. The van der Waals surface area contributed by atoms with Crippen molar-refractivity contribution in [2.24, 2.45) is 0 Å². The van der Waals surface area contributed by atoms with Gasteiger partial charge in [0.15, 0.2) is 11.3 Å². The molecule has 0 saturated carbocycles. The maximum Gasteiger partial charge on any atom is 0.337 e. The predicted octanol–water partition coefficient (Wildman–Crippen LogP) is 1.34. The summed E-state index contributed by atoms with van der Waals surface area (Å²) < 4.78 is 16.2. The summed E-state index contributed by atoms with van der Waals surface area (Å²) in [4.78, 5) is 26.4. The van der Waals surface area contributed by atoms with Gasteiger partial charge in [-0.25, -0.2) is 4.79 Å². The zero-order valence-corrected chi connectivity index (χ0v) is 14.3. The van der Waals surface area contributed by atoms with Crippen molar-refractivity contribution >= 4 is 22.8 Å². The molecule has 3 rings (SSSR count). The first-order chi connectivity index (χ1) is 12.0. The Labute approximate surface area is 144 Å². The molecule has 0 amide bonds. The van der Waals surface area contributed by atoms with Crippen LogP contribution in [0.1, 0.15) is 22.8 Å². The number of carbonyl (C=O) groups excluding carboxylic acids is 1. The van der Waals surface area contributed by atoms with Gasteiger partial charge < -0.3 is 23.9 Å². The minimum atomic E-state index is -0.536. The molecule has 1 saturated heterocycles. The quantitative estimate of drug-likeness (QED) is 0.835. The number of ether oxygens (including phenoxy) is 2. The Morgan fingerprint density at radius 3 is 2.88 bits per heavy atom. The van der Waals surface area contributed by atoms with E-state index in [1.54, 1.807) is 6.07 Å². The fourth-order valence-electron chi connectivity index (χ4n) is 3.03. The number of aliphatic hydroxyl groups excluding tert-OH is 1. The topological polar surface area (TPSA) is 89.2 Å². The Bertz CT molecular complexity index is 843. The van der Waals surface area contributed by atoms with Crippen LogP contribution in [0.4, 0.5) is 5.88 Å². The van der Waals surface area contributed by atoms with E-state index in [2.05, 4.69) is 0 Å². The summed E-state index contributed by atoms with van der Waals surface area (Å²) >= 11 is 0. The Morgan fingerprint density at radius 2 is 2.20 bits per heavy atom. The molecule has 25 heavy (non-hydrogen) atoms. The predicted molar refractivity (Wildman–Crippen MR) is 92.2 cm³/mol. The molecule has 1 aromatic carbocycles. The highest BCUT2D eigenvalue weighted by molar-refractivity contribution is 5.95.